The van der Waals surface area contributed by atoms with Gasteiger partial charge in [-0.1, -0.05) is 59.6 Å². The quantitative estimate of drug-likeness (QED) is 0.700. The summed E-state index contributed by atoms with van der Waals surface area (Å²) >= 11 is 12.1. The van der Waals surface area contributed by atoms with E-state index in [-0.39, 0.29) is 18.2 Å². The van der Waals surface area contributed by atoms with Gasteiger partial charge in [-0.05, 0) is 30.5 Å². The van der Waals surface area contributed by atoms with E-state index in [1.54, 1.807) is 23.1 Å². The molecule has 0 radical (unpaired) electrons. The lowest BCUT2D eigenvalue weighted by atomic mass is 10.1. The van der Waals surface area contributed by atoms with Crippen molar-refractivity contribution >= 4 is 40.7 Å². The molecule has 26 heavy (non-hydrogen) atoms. The second-order valence-corrected chi connectivity index (χ2v) is 6.80. The number of para-hydroxylation sites is 1. The lowest BCUT2D eigenvalue weighted by molar-refractivity contribution is -0.129. The van der Waals surface area contributed by atoms with Crippen LogP contribution in [0.25, 0.3) is 0 Å². The third-order valence-corrected chi connectivity index (χ3v) is 4.65. The van der Waals surface area contributed by atoms with Crippen LogP contribution in [-0.2, 0) is 16.0 Å². The van der Waals surface area contributed by atoms with Crippen molar-refractivity contribution in [2.24, 2.45) is 0 Å². The van der Waals surface area contributed by atoms with Crippen LogP contribution in [0.5, 0.6) is 0 Å². The summed E-state index contributed by atoms with van der Waals surface area (Å²) in [4.78, 5) is 25.7. The molecule has 0 aliphatic heterocycles. The second-order valence-electron chi connectivity index (χ2n) is 5.99. The van der Waals surface area contributed by atoms with E-state index in [0.717, 1.165) is 12.8 Å². The molecule has 0 heterocycles. The van der Waals surface area contributed by atoms with Crippen molar-refractivity contribution < 1.29 is 9.59 Å². The number of amides is 2. The highest BCUT2D eigenvalue weighted by atomic mass is 35.5. The summed E-state index contributed by atoms with van der Waals surface area (Å²) in [6.45, 7) is 2.49. The van der Waals surface area contributed by atoms with Crippen molar-refractivity contribution in [3.05, 3.63) is 64.1 Å². The zero-order valence-electron chi connectivity index (χ0n) is 14.7. The molecule has 0 aliphatic carbocycles. The molecule has 0 saturated carbocycles. The molecule has 6 heteroatoms. The van der Waals surface area contributed by atoms with E-state index in [0.29, 0.717) is 28.8 Å². The van der Waals surface area contributed by atoms with Crippen molar-refractivity contribution in [3.8, 4) is 0 Å². The van der Waals surface area contributed by atoms with Crippen molar-refractivity contribution in [1.82, 2.24) is 4.90 Å². The minimum Gasteiger partial charge on any atom is -0.342 e. The topological polar surface area (TPSA) is 49.4 Å². The van der Waals surface area contributed by atoms with Crippen molar-refractivity contribution in [2.75, 3.05) is 18.4 Å². The van der Waals surface area contributed by atoms with E-state index in [2.05, 4.69) is 17.4 Å². The van der Waals surface area contributed by atoms with Crippen LogP contribution in [-0.4, -0.2) is 29.8 Å². The van der Waals surface area contributed by atoms with Gasteiger partial charge in [0.25, 0.3) is 0 Å². The Morgan fingerprint density at radius 3 is 2.23 bits per heavy atom. The SMILES string of the molecule is CC(=O)N(CCCc1ccccc1)CCC(=O)Nc1c(Cl)cccc1Cl. The van der Waals surface area contributed by atoms with E-state index >= 15 is 0 Å². The minimum atomic E-state index is -0.227. The Morgan fingerprint density at radius 1 is 0.962 bits per heavy atom. The van der Waals surface area contributed by atoms with Gasteiger partial charge < -0.3 is 10.2 Å². The number of carbonyl (C=O) groups excluding carboxylic acids is 2. The van der Waals surface area contributed by atoms with Gasteiger partial charge >= 0.3 is 0 Å². The Balaban J connectivity index is 1.82. The summed E-state index contributed by atoms with van der Waals surface area (Å²) < 4.78 is 0. The molecule has 2 aromatic carbocycles. The molecular weight excluding hydrogens is 371 g/mol. The second kappa shape index (κ2) is 10.2. The molecule has 4 nitrogen and oxygen atoms in total. The molecule has 0 atom stereocenters. The van der Waals surface area contributed by atoms with Gasteiger partial charge in [0.2, 0.25) is 11.8 Å². The van der Waals surface area contributed by atoms with Crippen LogP contribution in [0.2, 0.25) is 10.0 Å². The number of anilines is 1. The molecule has 138 valence electrons. The van der Waals surface area contributed by atoms with Crippen LogP contribution in [0.1, 0.15) is 25.3 Å². The largest absolute Gasteiger partial charge is 0.342 e. The molecule has 0 fully saturated rings. The number of nitrogens with zero attached hydrogens (tertiary/aromatic N) is 1. The van der Waals surface area contributed by atoms with Gasteiger partial charge in [0, 0.05) is 26.4 Å². The molecular formula is C20H22Cl2N2O2. The predicted octanol–water partition coefficient (Wildman–Crippen LogP) is 4.80. The summed E-state index contributed by atoms with van der Waals surface area (Å²) in [5.74, 6) is -0.268. The zero-order valence-corrected chi connectivity index (χ0v) is 16.2. The number of hydrogen-bond donors (Lipinski definition) is 1. The summed E-state index contributed by atoms with van der Waals surface area (Å²) in [6.07, 6.45) is 1.93. The van der Waals surface area contributed by atoms with Crippen LogP contribution in [0.3, 0.4) is 0 Å². The molecule has 0 saturated heterocycles. The highest BCUT2D eigenvalue weighted by Crippen LogP contribution is 2.29. The molecule has 1 N–H and O–H groups in total. The highest BCUT2D eigenvalue weighted by Gasteiger charge is 2.13. The van der Waals surface area contributed by atoms with Crippen LogP contribution in [0.15, 0.2) is 48.5 Å². The normalized spacial score (nSPS) is 10.4. The summed E-state index contributed by atoms with van der Waals surface area (Å²) in [5, 5.41) is 3.49. The van der Waals surface area contributed by atoms with Gasteiger partial charge in [-0.25, -0.2) is 0 Å². The average molecular weight is 393 g/mol. The number of carbonyl (C=O) groups is 2. The fraction of sp³-hybridized carbons (Fsp3) is 0.300. The van der Waals surface area contributed by atoms with Crippen molar-refractivity contribution in [1.29, 1.82) is 0 Å². The first-order chi connectivity index (χ1) is 12.5. The van der Waals surface area contributed by atoms with Crippen LogP contribution in [0, 0.1) is 0 Å². The number of aryl methyl sites for hydroxylation is 1. The van der Waals surface area contributed by atoms with Gasteiger partial charge in [0.15, 0.2) is 0 Å². The molecule has 2 rings (SSSR count). The average Bonchev–Trinajstić information content (AvgIpc) is 2.61. The summed E-state index contributed by atoms with van der Waals surface area (Å²) in [7, 11) is 0. The third kappa shape index (κ3) is 6.36. The van der Waals surface area contributed by atoms with E-state index in [9.17, 15) is 9.59 Å². The maximum absolute atomic E-state index is 12.2. The molecule has 2 amide bonds. The van der Waals surface area contributed by atoms with Gasteiger partial charge in [0.1, 0.15) is 0 Å². The maximum Gasteiger partial charge on any atom is 0.226 e. The molecule has 0 unspecified atom stereocenters. The monoisotopic (exact) mass is 392 g/mol. The molecule has 0 spiro atoms. The Morgan fingerprint density at radius 2 is 1.62 bits per heavy atom. The lowest BCUT2D eigenvalue weighted by Crippen LogP contribution is -2.33. The number of nitrogens with one attached hydrogen (secondary N) is 1. The third-order valence-electron chi connectivity index (χ3n) is 4.02. The summed E-state index contributed by atoms with van der Waals surface area (Å²) in [5.41, 5.74) is 1.64. The Labute approximate surface area is 164 Å². The first kappa shape index (κ1) is 20.3. The fourth-order valence-electron chi connectivity index (χ4n) is 2.60. The molecule has 2 aromatic rings. The number of hydrogen-bond acceptors (Lipinski definition) is 2. The van der Waals surface area contributed by atoms with Crippen LogP contribution < -0.4 is 5.32 Å². The first-order valence-electron chi connectivity index (χ1n) is 8.50. The van der Waals surface area contributed by atoms with E-state index in [1.165, 1.54) is 12.5 Å². The van der Waals surface area contributed by atoms with Gasteiger partial charge in [-0.15, -0.1) is 0 Å². The lowest BCUT2D eigenvalue weighted by Gasteiger charge is -2.21. The van der Waals surface area contributed by atoms with Crippen LogP contribution >= 0.6 is 23.2 Å². The number of benzene rings is 2. The predicted molar refractivity (Wildman–Crippen MR) is 107 cm³/mol. The van der Waals surface area contributed by atoms with Gasteiger partial charge in [-0.2, -0.15) is 0 Å². The number of halogens is 2. The minimum absolute atomic E-state index is 0.0402. The van der Waals surface area contributed by atoms with Crippen molar-refractivity contribution in [3.63, 3.8) is 0 Å². The van der Waals surface area contributed by atoms with Gasteiger partial charge in [-0.3, -0.25) is 9.59 Å². The van der Waals surface area contributed by atoms with Gasteiger partial charge in [0.05, 0.1) is 15.7 Å². The summed E-state index contributed by atoms with van der Waals surface area (Å²) in [6, 6.07) is 15.2. The zero-order chi connectivity index (χ0) is 18.9. The van der Waals surface area contributed by atoms with Crippen LogP contribution in [0.4, 0.5) is 5.69 Å². The Kier molecular flexibility index (Phi) is 7.95. The van der Waals surface area contributed by atoms with E-state index in [4.69, 9.17) is 23.2 Å². The molecule has 0 aliphatic rings. The first-order valence-corrected chi connectivity index (χ1v) is 9.26. The van der Waals surface area contributed by atoms with E-state index in [1.807, 2.05) is 18.2 Å². The van der Waals surface area contributed by atoms with E-state index < -0.39 is 0 Å². The fourth-order valence-corrected chi connectivity index (χ4v) is 3.09. The molecule has 0 bridgehead atoms. The Bertz CT molecular complexity index is 730. The molecule has 0 aromatic heterocycles. The number of rotatable bonds is 8. The maximum atomic E-state index is 12.2. The Hall–Kier alpha value is -2.04. The highest BCUT2D eigenvalue weighted by molar-refractivity contribution is 6.39. The standard InChI is InChI=1S/C20H22Cl2N2O2/c1-15(25)24(13-6-9-16-7-3-2-4-8-16)14-12-19(26)23-20-17(21)10-5-11-18(20)22/h2-5,7-8,10-11H,6,9,12-14H2,1H3,(H,23,26). The van der Waals surface area contributed by atoms with Crippen molar-refractivity contribution in [2.45, 2.75) is 26.2 Å². The smallest absolute Gasteiger partial charge is 0.226 e.